The van der Waals surface area contributed by atoms with Crippen molar-refractivity contribution in [3.63, 3.8) is 0 Å². The van der Waals surface area contributed by atoms with E-state index in [1.165, 1.54) is 5.56 Å². The molecule has 1 heterocycles. The third-order valence-corrected chi connectivity index (χ3v) is 2.84. The molecule has 0 radical (unpaired) electrons. The Morgan fingerprint density at radius 3 is 3.00 bits per heavy atom. The molecule has 78 valence electrons. The molecule has 3 heteroatoms. The van der Waals surface area contributed by atoms with Crippen molar-refractivity contribution in [2.75, 3.05) is 13.1 Å². The largest absolute Gasteiger partial charge is 0.317 e. The molecule has 0 aliphatic rings. The van der Waals surface area contributed by atoms with Gasteiger partial charge in [-0.2, -0.15) is 11.3 Å². The third kappa shape index (κ3) is 4.53. The average Bonchev–Trinajstić information content (AvgIpc) is 2.68. The van der Waals surface area contributed by atoms with Gasteiger partial charge in [0.25, 0.3) is 0 Å². The summed E-state index contributed by atoms with van der Waals surface area (Å²) in [5.41, 5.74) is 1.28. The van der Waals surface area contributed by atoms with Crippen LogP contribution in [0.25, 0.3) is 0 Å². The first-order chi connectivity index (χ1) is 6.83. The molecule has 0 spiro atoms. The highest BCUT2D eigenvalue weighted by molar-refractivity contribution is 7.07. The van der Waals surface area contributed by atoms with Crippen molar-refractivity contribution in [1.29, 1.82) is 0 Å². The molecule has 0 fully saturated rings. The third-order valence-electron chi connectivity index (χ3n) is 2.10. The number of carbonyl (C=O) groups is 1. The van der Waals surface area contributed by atoms with Crippen molar-refractivity contribution >= 4 is 17.1 Å². The Balaban J connectivity index is 2.09. The highest BCUT2D eigenvalue weighted by Crippen LogP contribution is 2.08. The van der Waals surface area contributed by atoms with Gasteiger partial charge in [-0.05, 0) is 35.4 Å². The zero-order valence-electron chi connectivity index (χ0n) is 8.58. The second-order valence-electron chi connectivity index (χ2n) is 3.27. The quantitative estimate of drug-likeness (QED) is 0.701. The number of nitrogens with one attached hydrogen (secondary N) is 1. The van der Waals surface area contributed by atoms with Crippen LogP contribution in [0.5, 0.6) is 0 Å². The summed E-state index contributed by atoms with van der Waals surface area (Å²) in [6.07, 6.45) is 2.24. The summed E-state index contributed by atoms with van der Waals surface area (Å²) in [4.78, 5) is 11.4. The lowest BCUT2D eigenvalue weighted by Crippen LogP contribution is -2.17. The first kappa shape index (κ1) is 11.4. The molecule has 1 N–H and O–H groups in total. The number of hydrogen-bond donors (Lipinski definition) is 1. The SMILES string of the molecule is CCNCCC(=O)CCc1ccsc1. The highest BCUT2D eigenvalue weighted by atomic mass is 32.1. The van der Waals surface area contributed by atoms with Gasteiger partial charge in [0.1, 0.15) is 5.78 Å². The van der Waals surface area contributed by atoms with Crippen LogP contribution < -0.4 is 5.32 Å². The Morgan fingerprint density at radius 2 is 2.36 bits per heavy atom. The average molecular weight is 211 g/mol. The summed E-state index contributed by atoms with van der Waals surface area (Å²) in [7, 11) is 0. The van der Waals surface area contributed by atoms with Crippen LogP contribution in [0.4, 0.5) is 0 Å². The minimum absolute atomic E-state index is 0.358. The van der Waals surface area contributed by atoms with E-state index in [0.29, 0.717) is 18.6 Å². The van der Waals surface area contributed by atoms with Crippen LogP contribution in [0.2, 0.25) is 0 Å². The van der Waals surface area contributed by atoms with Crippen LogP contribution in [-0.2, 0) is 11.2 Å². The molecular weight excluding hydrogens is 194 g/mol. The van der Waals surface area contributed by atoms with Gasteiger partial charge in [0, 0.05) is 19.4 Å². The predicted octanol–water partition coefficient (Wildman–Crippen LogP) is 2.25. The topological polar surface area (TPSA) is 29.1 Å². The Labute approximate surface area is 89.3 Å². The number of aryl methyl sites for hydroxylation is 1. The van der Waals surface area contributed by atoms with Crippen molar-refractivity contribution in [3.05, 3.63) is 22.4 Å². The van der Waals surface area contributed by atoms with Crippen molar-refractivity contribution in [2.24, 2.45) is 0 Å². The monoisotopic (exact) mass is 211 g/mol. The molecule has 0 aliphatic carbocycles. The van der Waals surface area contributed by atoms with Gasteiger partial charge in [-0.25, -0.2) is 0 Å². The van der Waals surface area contributed by atoms with E-state index in [4.69, 9.17) is 0 Å². The number of Topliss-reactive ketones (excluding diaryl/α,β-unsaturated/α-hetero) is 1. The molecule has 0 aliphatic heterocycles. The van der Waals surface area contributed by atoms with E-state index in [9.17, 15) is 4.79 Å². The molecular formula is C11H17NOS. The maximum absolute atomic E-state index is 11.4. The number of thiophene rings is 1. The summed E-state index contributed by atoms with van der Waals surface area (Å²) >= 11 is 1.69. The van der Waals surface area contributed by atoms with E-state index in [1.807, 2.05) is 0 Å². The molecule has 2 nitrogen and oxygen atoms in total. The van der Waals surface area contributed by atoms with Gasteiger partial charge in [-0.15, -0.1) is 0 Å². The number of rotatable bonds is 7. The second-order valence-corrected chi connectivity index (χ2v) is 4.05. The van der Waals surface area contributed by atoms with Crippen LogP contribution in [0.15, 0.2) is 16.8 Å². The minimum atomic E-state index is 0.358. The molecule has 1 aromatic rings. The smallest absolute Gasteiger partial charge is 0.134 e. The second kappa shape index (κ2) is 6.74. The fraction of sp³-hybridized carbons (Fsp3) is 0.545. The Morgan fingerprint density at radius 1 is 1.50 bits per heavy atom. The number of hydrogen-bond acceptors (Lipinski definition) is 3. The molecule has 14 heavy (non-hydrogen) atoms. The van der Waals surface area contributed by atoms with Crippen molar-refractivity contribution in [1.82, 2.24) is 5.32 Å². The molecule has 0 aromatic carbocycles. The van der Waals surface area contributed by atoms with Crippen LogP contribution in [-0.4, -0.2) is 18.9 Å². The van der Waals surface area contributed by atoms with Crippen LogP contribution >= 0.6 is 11.3 Å². The first-order valence-electron chi connectivity index (χ1n) is 5.06. The van der Waals surface area contributed by atoms with E-state index in [2.05, 4.69) is 29.1 Å². The van der Waals surface area contributed by atoms with Crippen LogP contribution in [0.3, 0.4) is 0 Å². The summed E-state index contributed by atoms with van der Waals surface area (Å²) in [5.74, 6) is 0.358. The van der Waals surface area contributed by atoms with Crippen molar-refractivity contribution in [2.45, 2.75) is 26.2 Å². The Hall–Kier alpha value is -0.670. The molecule has 0 amide bonds. The zero-order chi connectivity index (χ0) is 10.2. The standard InChI is InChI=1S/C11H17NOS/c1-2-12-7-5-11(13)4-3-10-6-8-14-9-10/h6,8-9,12H,2-5,7H2,1H3. The minimum Gasteiger partial charge on any atom is -0.317 e. The van der Waals surface area contributed by atoms with Crippen molar-refractivity contribution in [3.8, 4) is 0 Å². The summed E-state index contributed by atoms with van der Waals surface area (Å²) in [6.45, 7) is 3.81. The predicted molar refractivity (Wildman–Crippen MR) is 60.8 cm³/mol. The molecule has 1 aromatic heterocycles. The van der Waals surface area contributed by atoms with Gasteiger partial charge in [-0.3, -0.25) is 4.79 Å². The molecule has 0 saturated carbocycles. The van der Waals surface area contributed by atoms with Gasteiger partial charge < -0.3 is 5.32 Å². The van der Waals surface area contributed by atoms with Gasteiger partial charge >= 0.3 is 0 Å². The maximum Gasteiger partial charge on any atom is 0.134 e. The summed E-state index contributed by atoms with van der Waals surface area (Å²) < 4.78 is 0. The van der Waals surface area contributed by atoms with E-state index >= 15 is 0 Å². The summed E-state index contributed by atoms with van der Waals surface area (Å²) in [6, 6.07) is 2.09. The number of carbonyl (C=O) groups excluding carboxylic acids is 1. The van der Waals surface area contributed by atoms with Crippen LogP contribution in [0.1, 0.15) is 25.3 Å². The molecule has 0 unspecified atom stereocenters. The lowest BCUT2D eigenvalue weighted by atomic mass is 10.1. The first-order valence-corrected chi connectivity index (χ1v) is 6.00. The lowest BCUT2D eigenvalue weighted by molar-refractivity contribution is -0.118. The van der Waals surface area contributed by atoms with Gasteiger partial charge in [0.05, 0.1) is 0 Å². The van der Waals surface area contributed by atoms with Gasteiger partial charge in [0.15, 0.2) is 0 Å². The van der Waals surface area contributed by atoms with E-state index < -0.39 is 0 Å². The lowest BCUT2D eigenvalue weighted by Gasteiger charge is -2.00. The Kier molecular flexibility index (Phi) is 5.49. The van der Waals surface area contributed by atoms with Gasteiger partial charge in [-0.1, -0.05) is 6.92 Å². The summed E-state index contributed by atoms with van der Waals surface area (Å²) in [5, 5.41) is 7.32. The Bertz CT molecular complexity index is 256. The van der Waals surface area contributed by atoms with Crippen molar-refractivity contribution < 1.29 is 4.79 Å². The zero-order valence-corrected chi connectivity index (χ0v) is 9.40. The molecule has 0 saturated heterocycles. The van der Waals surface area contributed by atoms with Crippen LogP contribution in [0, 0.1) is 0 Å². The number of ketones is 1. The fourth-order valence-corrected chi connectivity index (χ4v) is 1.95. The van der Waals surface area contributed by atoms with E-state index in [-0.39, 0.29) is 0 Å². The van der Waals surface area contributed by atoms with E-state index in [0.717, 1.165) is 19.5 Å². The van der Waals surface area contributed by atoms with E-state index in [1.54, 1.807) is 11.3 Å². The highest BCUT2D eigenvalue weighted by Gasteiger charge is 2.02. The maximum atomic E-state index is 11.4. The normalized spacial score (nSPS) is 10.4. The molecule has 0 bridgehead atoms. The molecule has 1 rings (SSSR count). The fourth-order valence-electron chi connectivity index (χ4n) is 1.25. The van der Waals surface area contributed by atoms with Gasteiger partial charge in [0.2, 0.25) is 0 Å². The molecule has 0 atom stereocenters.